The third kappa shape index (κ3) is 2.83. The van der Waals surface area contributed by atoms with Gasteiger partial charge in [0.2, 0.25) is 0 Å². The molecule has 1 aromatic carbocycles. The lowest BCUT2D eigenvalue weighted by Crippen LogP contribution is -2.63. The van der Waals surface area contributed by atoms with Crippen molar-refractivity contribution < 1.29 is 4.79 Å². The van der Waals surface area contributed by atoms with Crippen molar-refractivity contribution in [3.05, 3.63) is 34.3 Å². The van der Waals surface area contributed by atoms with Gasteiger partial charge in [-0.2, -0.15) is 0 Å². The van der Waals surface area contributed by atoms with Crippen molar-refractivity contribution in [2.45, 2.75) is 6.04 Å². The fourth-order valence-corrected chi connectivity index (χ4v) is 3.33. The van der Waals surface area contributed by atoms with Gasteiger partial charge in [-0.15, -0.1) is 0 Å². The number of amides is 1. The van der Waals surface area contributed by atoms with E-state index in [1.807, 2.05) is 24.3 Å². The van der Waals surface area contributed by atoms with Crippen LogP contribution in [0.4, 0.5) is 0 Å². The number of hydrogen-bond donors (Lipinski definition) is 1. The van der Waals surface area contributed by atoms with E-state index < -0.39 is 0 Å². The Hall–Kier alpha value is -0.910. The average Bonchev–Trinajstić information content (AvgIpc) is 2.46. The molecule has 3 saturated heterocycles. The molecule has 4 rings (SSSR count). The van der Waals surface area contributed by atoms with Gasteiger partial charge >= 0.3 is 0 Å². The lowest BCUT2D eigenvalue weighted by Gasteiger charge is -2.47. The van der Waals surface area contributed by atoms with E-state index in [4.69, 9.17) is 0 Å². The first-order valence-electron chi connectivity index (χ1n) is 6.73. The fraction of sp³-hybridized carbons (Fsp3) is 0.500. The van der Waals surface area contributed by atoms with E-state index in [0.29, 0.717) is 11.6 Å². The lowest BCUT2D eigenvalue weighted by molar-refractivity contribution is 0.0138. The van der Waals surface area contributed by atoms with Crippen LogP contribution in [0.3, 0.4) is 0 Å². The largest absolute Gasteiger partial charge is 0.350 e. The lowest BCUT2D eigenvalue weighted by atomic mass is 10.1. The molecule has 2 bridgehead atoms. The molecule has 0 aromatic heterocycles. The zero-order chi connectivity index (χ0) is 13.2. The molecule has 3 aliphatic heterocycles. The standard InChI is InChI=1S/C14H18BrN3O/c15-13-4-2-1-3-12(13)14(19)16-9-11-10-17-5-7-18(11)8-6-17/h1-4,11H,5-10H2,(H,16,19). The van der Waals surface area contributed by atoms with Crippen molar-refractivity contribution in [1.82, 2.24) is 15.1 Å². The first kappa shape index (κ1) is 13.1. The summed E-state index contributed by atoms with van der Waals surface area (Å²) in [5.41, 5.74) is 0.707. The molecule has 0 saturated carbocycles. The van der Waals surface area contributed by atoms with E-state index in [1.54, 1.807) is 0 Å². The van der Waals surface area contributed by atoms with E-state index in [1.165, 1.54) is 13.1 Å². The number of fused-ring (bicyclic) bond motifs is 3. The summed E-state index contributed by atoms with van der Waals surface area (Å²) < 4.78 is 0.849. The molecule has 19 heavy (non-hydrogen) atoms. The van der Waals surface area contributed by atoms with Gasteiger partial charge in [-0.25, -0.2) is 0 Å². The van der Waals surface area contributed by atoms with Crippen LogP contribution in [0.2, 0.25) is 0 Å². The van der Waals surface area contributed by atoms with Crippen molar-refractivity contribution in [2.75, 3.05) is 39.3 Å². The molecule has 3 heterocycles. The van der Waals surface area contributed by atoms with Gasteiger partial charge in [-0.3, -0.25) is 14.6 Å². The Morgan fingerprint density at radius 2 is 2.00 bits per heavy atom. The predicted octanol–water partition coefficient (Wildman–Crippen LogP) is 1.18. The normalized spacial score (nSPS) is 29.2. The topological polar surface area (TPSA) is 35.6 Å². The van der Waals surface area contributed by atoms with Crippen LogP contribution >= 0.6 is 15.9 Å². The Morgan fingerprint density at radius 1 is 1.26 bits per heavy atom. The molecule has 0 radical (unpaired) electrons. The summed E-state index contributed by atoms with van der Waals surface area (Å²) in [6.07, 6.45) is 0. The summed E-state index contributed by atoms with van der Waals surface area (Å²) in [6, 6.07) is 8.01. The zero-order valence-electron chi connectivity index (χ0n) is 10.8. The minimum atomic E-state index is 0.00474. The Morgan fingerprint density at radius 3 is 2.63 bits per heavy atom. The second kappa shape index (κ2) is 5.61. The maximum absolute atomic E-state index is 12.1. The molecule has 0 aliphatic carbocycles. The number of nitrogens with zero attached hydrogens (tertiary/aromatic N) is 2. The van der Waals surface area contributed by atoms with E-state index >= 15 is 0 Å². The van der Waals surface area contributed by atoms with E-state index in [2.05, 4.69) is 31.0 Å². The first-order chi connectivity index (χ1) is 9.24. The minimum Gasteiger partial charge on any atom is -0.350 e. The summed E-state index contributed by atoms with van der Waals surface area (Å²) in [7, 11) is 0. The summed E-state index contributed by atoms with van der Waals surface area (Å²) in [5.74, 6) is 0.00474. The van der Waals surface area contributed by atoms with Crippen LogP contribution in [-0.4, -0.2) is 61.0 Å². The van der Waals surface area contributed by atoms with Crippen LogP contribution in [0.15, 0.2) is 28.7 Å². The van der Waals surface area contributed by atoms with Crippen LogP contribution in [0.25, 0.3) is 0 Å². The van der Waals surface area contributed by atoms with Gasteiger partial charge in [0.15, 0.2) is 0 Å². The molecular formula is C14H18BrN3O. The second-order valence-corrected chi connectivity index (χ2v) is 6.03. The number of benzene rings is 1. The highest BCUT2D eigenvalue weighted by atomic mass is 79.9. The van der Waals surface area contributed by atoms with Gasteiger partial charge in [0.25, 0.3) is 5.91 Å². The maximum Gasteiger partial charge on any atom is 0.252 e. The molecule has 4 nitrogen and oxygen atoms in total. The number of rotatable bonds is 3. The molecule has 1 N–H and O–H groups in total. The summed E-state index contributed by atoms with van der Waals surface area (Å²) in [4.78, 5) is 17.1. The van der Waals surface area contributed by atoms with Crippen LogP contribution in [0, 0.1) is 0 Å². The molecule has 1 aromatic rings. The van der Waals surface area contributed by atoms with Crippen molar-refractivity contribution in [3.8, 4) is 0 Å². The SMILES string of the molecule is O=C(NCC1CN2CCN1CC2)c1ccccc1Br. The van der Waals surface area contributed by atoms with E-state index in [-0.39, 0.29) is 5.91 Å². The van der Waals surface area contributed by atoms with Crippen LogP contribution in [-0.2, 0) is 0 Å². The van der Waals surface area contributed by atoms with Crippen molar-refractivity contribution in [2.24, 2.45) is 0 Å². The number of hydrogen-bond acceptors (Lipinski definition) is 3. The van der Waals surface area contributed by atoms with Crippen LogP contribution in [0.5, 0.6) is 0 Å². The first-order valence-corrected chi connectivity index (χ1v) is 7.52. The molecule has 1 atom stereocenters. The highest BCUT2D eigenvalue weighted by Crippen LogP contribution is 2.17. The monoisotopic (exact) mass is 323 g/mol. The Bertz CT molecular complexity index is 472. The van der Waals surface area contributed by atoms with Gasteiger partial charge in [0.1, 0.15) is 0 Å². The Labute approximate surface area is 121 Å². The van der Waals surface area contributed by atoms with E-state index in [0.717, 1.165) is 30.7 Å². The molecule has 0 spiro atoms. The molecule has 3 aliphatic rings. The van der Waals surface area contributed by atoms with Gasteiger partial charge in [0.05, 0.1) is 5.56 Å². The summed E-state index contributed by atoms with van der Waals surface area (Å²) in [6.45, 7) is 6.43. The maximum atomic E-state index is 12.1. The smallest absolute Gasteiger partial charge is 0.252 e. The number of piperazine rings is 3. The quantitative estimate of drug-likeness (QED) is 0.907. The zero-order valence-corrected chi connectivity index (χ0v) is 12.4. The van der Waals surface area contributed by atoms with Gasteiger partial charge in [0, 0.05) is 49.8 Å². The third-order valence-electron chi connectivity index (χ3n) is 4.01. The molecule has 5 heteroatoms. The molecular weight excluding hydrogens is 306 g/mol. The second-order valence-electron chi connectivity index (χ2n) is 5.18. The average molecular weight is 324 g/mol. The summed E-state index contributed by atoms with van der Waals surface area (Å²) >= 11 is 3.42. The fourth-order valence-electron chi connectivity index (χ4n) is 2.87. The van der Waals surface area contributed by atoms with E-state index in [9.17, 15) is 4.79 Å². The minimum absolute atomic E-state index is 0.00474. The summed E-state index contributed by atoms with van der Waals surface area (Å²) in [5, 5.41) is 3.06. The molecule has 1 amide bonds. The number of nitrogens with one attached hydrogen (secondary N) is 1. The van der Waals surface area contributed by atoms with Crippen LogP contribution in [0.1, 0.15) is 10.4 Å². The van der Waals surface area contributed by atoms with Gasteiger partial charge in [-0.05, 0) is 28.1 Å². The molecule has 3 fully saturated rings. The number of halogens is 1. The molecule has 102 valence electrons. The van der Waals surface area contributed by atoms with Gasteiger partial charge < -0.3 is 5.32 Å². The highest BCUT2D eigenvalue weighted by Gasteiger charge is 2.31. The predicted molar refractivity (Wildman–Crippen MR) is 78.3 cm³/mol. The highest BCUT2D eigenvalue weighted by molar-refractivity contribution is 9.10. The number of carbonyl (C=O) groups excluding carboxylic acids is 1. The third-order valence-corrected chi connectivity index (χ3v) is 4.70. The van der Waals surface area contributed by atoms with Gasteiger partial charge in [-0.1, -0.05) is 12.1 Å². The Kier molecular flexibility index (Phi) is 3.86. The van der Waals surface area contributed by atoms with Crippen molar-refractivity contribution in [3.63, 3.8) is 0 Å². The van der Waals surface area contributed by atoms with Crippen molar-refractivity contribution in [1.29, 1.82) is 0 Å². The van der Waals surface area contributed by atoms with Crippen LogP contribution < -0.4 is 5.32 Å². The Balaban J connectivity index is 1.58. The van der Waals surface area contributed by atoms with Crippen molar-refractivity contribution >= 4 is 21.8 Å². The molecule has 1 unspecified atom stereocenters. The number of carbonyl (C=O) groups is 1.